The lowest BCUT2D eigenvalue weighted by Gasteiger charge is -2.28. The highest BCUT2D eigenvalue weighted by atomic mass is 19.1. The Bertz CT molecular complexity index is 1230. The van der Waals surface area contributed by atoms with Crippen LogP contribution in [0.25, 0.3) is 11.1 Å². The standard InChI is InChI=1S/C27H29FN2O5/c1-15(27(32)33)26(31)18-5-4-16-7-9-23(35-24(16)11-18)17-6-8-20(19(10-17)13-29-2)21-12-25(34-3)30-14-22(21)28/h4-6,8,10-12,14-15,23,26,29,31H,7,9,13H2,1-3H3,(H,32,33)/t15-,23-,26+/m0/s1. The first-order valence-electron chi connectivity index (χ1n) is 11.5. The van der Waals surface area contributed by atoms with E-state index >= 15 is 0 Å². The summed E-state index contributed by atoms with van der Waals surface area (Å²) in [4.78, 5) is 15.2. The fourth-order valence-corrected chi connectivity index (χ4v) is 4.38. The molecule has 1 aliphatic heterocycles. The monoisotopic (exact) mass is 480 g/mol. The number of benzene rings is 2. The number of methoxy groups -OCH3 is 1. The number of aliphatic hydroxyl groups is 1. The number of fused-ring (bicyclic) bond motifs is 1. The Morgan fingerprint density at radius 1 is 1.26 bits per heavy atom. The number of carboxylic acids is 1. The van der Waals surface area contributed by atoms with Gasteiger partial charge >= 0.3 is 5.97 Å². The number of aliphatic hydroxyl groups excluding tert-OH is 1. The first-order valence-corrected chi connectivity index (χ1v) is 11.5. The number of nitrogens with zero attached hydrogens (tertiary/aromatic N) is 1. The van der Waals surface area contributed by atoms with Gasteiger partial charge in [-0.3, -0.25) is 4.79 Å². The number of halogens is 1. The van der Waals surface area contributed by atoms with E-state index in [4.69, 9.17) is 9.47 Å². The molecule has 3 atom stereocenters. The number of ether oxygens (including phenoxy) is 2. The highest BCUT2D eigenvalue weighted by molar-refractivity contribution is 5.71. The zero-order valence-corrected chi connectivity index (χ0v) is 19.9. The van der Waals surface area contributed by atoms with Crippen LogP contribution in [0, 0.1) is 11.7 Å². The summed E-state index contributed by atoms with van der Waals surface area (Å²) in [6.45, 7) is 2.00. The zero-order chi connectivity index (χ0) is 25.1. The smallest absolute Gasteiger partial charge is 0.309 e. The summed E-state index contributed by atoms with van der Waals surface area (Å²) < 4.78 is 26.1. The Labute approximate surface area is 203 Å². The quantitative estimate of drug-likeness (QED) is 0.438. The minimum absolute atomic E-state index is 0.228. The third kappa shape index (κ3) is 5.13. The molecule has 35 heavy (non-hydrogen) atoms. The Balaban J connectivity index is 1.64. The average molecular weight is 481 g/mol. The second-order valence-corrected chi connectivity index (χ2v) is 8.74. The molecule has 8 heteroatoms. The molecule has 0 spiro atoms. The average Bonchev–Trinajstić information content (AvgIpc) is 2.87. The predicted molar refractivity (Wildman–Crippen MR) is 129 cm³/mol. The Morgan fingerprint density at radius 2 is 2.06 bits per heavy atom. The van der Waals surface area contributed by atoms with Crippen LogP contribution < -0.4 is 14.8 Å². The highest BCUT2D eigenvalue weighted by Gasteiger charge is 2.27. The molecular weight excluding hydrogens is 451 g/mol. The van der Waals surface area contributed by atoms with E-state index in [1.54, 1.807) is 18.2 Å². The van der Waals surface area contributed by atoms with Crippen LogP contribution in [0.2, 0.25) is 0 Å². The van der Waals surface area contributed by atoms with Gasteiger partial charge in [0.15, 0.2) is 0 Å². The van der Waals surface area contributed by atoms with Crippen LogP contribution in [0.5, 0.6) is 11.6 Å². The number of nitrogens with one attached hydrogen (secondary N) is 1. The molecule has 0 fully saturated rings. The molecule has 0 amide bonds. The van der Waals surface area contributed by atoms with Crippen LogP contribution >= 0.6 is 0 Å². The van der Waals surface area contributed by atoms with Crippen molar-refractivity contribution >= 4 is 5.97 Å². The summed E-state index contributed by atoms with van der Waals surface area (Å²) in [7, 11) is 3.32. The van der Waals surface area contributed by atoms with Crippen LogP contribution in [-0.4, -0.2) is 35.3 Å². The van der Waals surface area contributed by atoms with E-state index < -0.39 is 23.8 Å². The molecule has 0 radical (unpaired) electrons. The van der Waals surface area contributed by atoms with Crippen LogP contribution in [0.4, 0.5) is 4.39 Å². The molecule has 3 N–H and O–H groups in total. The second kappa shape index (κ2) is 10.4. The maximum atomic E-state index is 14.6. The van der Waals surface area contributed by atoms with Gasteiger partial charge in [-0.15, -0.1) is 0 Å². The number of hydrogen-bond donors (Lipinski definition) is 3. The molecule has 4 rings (SSSR count). The van der Waals surface area contributed by atoms with Gasteiger partial charge in [0.25, 0.3) is 0 Å². The number of carboxylic acid groups (broad SMARTS) is 1. The van der Waals surface area contributed by atoms with Crippen molar-refractivity contribution in [3.05, 3.63) is 76.7 Å². The molecule has 1 aliphatic rings. The van der Waals surface area contributed by atoms with Crippen LogP contribution in [0.1, 0.15) is 47.8 Å². The highest BCUT2D eigenvalue weighted by Crippen LogP contribution is 2.39. The summed E-state index contributed by atoms with van der Waals surface area (Å²) >= 11 is 0. The van der Waals surface area contributed by atoms with Crippen molar-refractivity contribution < 1.29 is 28.9 Å². The van der Waals surface area contributed by atoms with Gasteiger partial charge < -0.3 is 25.0 Å². The SMILES string of the molecule is CNCc1cc([C@@H]2CCc3ccc([C@H](O)[C@H](C)C(=O)O)cc3O2)ccc1-c1cc(OC)ncc1F. The molecule has 0 aliphatic carbocycles. The lowest BCUT2D eigenvalue weighted by molar-refractivity contribution is -0.145. The van der Waals surface area contributed by atoms with Crippen molar-refractivity contribution in [2.75, 3.05) is 14.2 Å². The van der Waals surface area contributed by atoms with Gasteiger partial charge in [-0.25, -0.2) is 9.37 Å². The summed E-state index contributed by atoms with van der Waals surface area (Å²) in [5.74, 6) is -1.45. The van der Waals surface area contributed by atoms with Gasteiger partial charge in [0, 0.05) is 18.2 Å². The van der Waals surface area contributed by atoms with Crippen molar-refractivity contribution in [3.63, 3.8) is 0 Å². The van der Waals surface area contributed by atoms with Crippen molar-refractivity contribution in [1.29, 1.82) is 0 Å². The molecule has 7 nitrogen and oxygen atoms in total. The summed E-state index contributed by atoms with van der Waals surface area (Å²) in [6, 6.07) is 12.8. The van der Waals surface area contributed by atoms with E-state index in [1.165, 1.54) is 14.0 Å². The van der Waals surface area contributed by atoms with Crippen LogP contribution in [0.15, 0.2) is 48.7 Å². The predicted octanol–water partition coefficient (Wildman–Crippen LogP) is 4.44. The van der Waals surface area contributed by atoms with Gasteiger partial charge in [0.05, 0.1) is 25.3 Å². The number of aromatic nitrogens is 1. The topological polar surface area (TPSA) is 101 Å². The number of pyridine rings is 1. The van der Waals surface area contributed by atoms with Crippen molar-refractivity contribution in [2.24, 2.45) is 5.92 Å². The number of carbonyl (C=O) groups is 1. The fraction of sp³-hybridized carbons (Fsp3) is 0.333. The number of hydrogen-bond acceptors (Lipinski definition) is 6. The molecule has 2 aromatic carbocycles. The Morgan fingerprint density at radius 3 is 2.77 bits per heavy atom. The van der Waals surface area contributed by atoms with Crippen LogP contribution in [-0.2, 0) is 17.8 Å². The summed E-state index contributed by atoms with van der Waals surface area (Å²) in [5, 5.41) is 22.8. The first-order chi connectivity index (χ1) is 16.8. The van der Waals surface area contributed by atoms with E-state index in [1.807, 2.05) is 31.3 Å². The third-order valence-corrected chi connectivity index (χ3v) is 6.44. The molecule has 0 saturated heterocycles. The third-order valence-electron chi connectivity index (χ3n) is 6.44. The first kappa shape index (κ1) is 24.6. The van der Waals surface area contributed by atoms with Crippen molar-refractivity contribution in [3.8, 4) is 22.8 Å². The van der Waals surface area contributed by atoms with E-state index in [0.29, 0.717) is 29.3 Å². The van der Waals surface area contributed by atoms with Gasteiger partial charge in [-0.2, -0.15) is 0 Å². The van der Waals surface area contributed by atoms with Crippen molar-refractivity contribution in [1.82, 2.24) is 10.3 Å². The van der Waals surface area contributed by atoms with Gasteiger partial charge in [0.1, 0.15) is 17.7 Å². The van der Waals surface area contributed by atoms with E-state index in [0.717, 1.165) is 41.3 Å². The fourth-order valence-electron chi connectivity index (χ4n) is 4.38. The molecule has 0 unspecified atom stereocenters. The second-order valence-electron chi connectivity index (χ2n) is 8.74. The largest absolute Gasteiger partial charge is 0.485 e. The summed E-state index contributed by atoms with van der Waals surface area (Å²) in [6.07, 6.45) is 1.34. The lowest BCUT2D eigenvalue weighted by Crippen LogP contribution is -2.20. The minimum Gasteiger partial charge on any atom is -0.485 e. The van der Waals surface area contributed by atoms with Crippen LogP contribution in [0.3, 0.4) is 0 Å². The number of rotatable bonds is 8. The maximum absolute atomic E-state index is 14.6. The molecule has 184 valence electrons. The van der Waals surface area contributed by atoms with E-state index in [9.17, 15) is 19.4 Å². The molecule has 0 saturated carbocycles. The van der Waals surface area contributed by atoms with Gasteiger partial charge in [0.2, 0.25) is 5.88 Å². The van der Waals surface area contributed by atoms with Crippen molar-refractivity contribution in [2.45, 2.75) is 38.5 Å². The summed E-state index contributed by atoms with van der Waals surface area (Å²) in [5.41, 5.74) is 4.54. The minimum atomic E-state index is -1.13. The zero-order valence-electron chi connectivity index (χ0n) is 19.9. The molecule has 3 aromatic rings. The normalized spacial score (nSPS) is 16.7. The maximum Gasteiger partial charge on any atom is 0.309 e. The lowest BCUT2D eigenvalue weighted by atomic mass is 9.91. The molecule has 1 aromatic heterocycles. The molecular formula is C27H29FN2O5. The number of aliphatic carboxylic acids is 1. The Hall–Kier alpha value is -3.49. The molecule has 0 bridgehead atoms. The van der Waals surface area contributed by atoms with Gasteiger partial charge in [-0.05, 0) is 60.7 Å². The van der Waals surface area contributed by atoms with E-state index in [-0.39, 0.29) is 6.10 Å². The van der Waals surface area contributed by atoms with E-state index in [2.05, 4.69) is 10.3 Å². The number of aryl methyl sites for hydroxylation is 1. The molecule has 2 heterocycles. The Kier molecular flexibility index (Phi) is 7.33. The van der Waals surface area contributed by atoms with Gasteiger partial charge in [-0.1, -0.05) is 30.3 Å².